The van der Waals surface area contributed by atoms with Crippen molar-refractivity contribution in [3.63, 3.8) is 0 Å². The quantitative estimate of drug-likeness (QED) is 0.518. The lowest BCUT2D eigenvalue weighted by atomic mass is 9.79. The minimum atomic E-state index is -1.14. The number of likely N-dealkylation sites (tertiary alicyclic amines) is 1. The number of aromatic carboxylic acids is 1. The standard InChI is InChI=1S/C20H25N3O7S/c1-9-15-14(10(2)24)18(25)23(15)16(20(28)29)17(9)31-12-4-3-5-22(8-12)7-11-6-13(19(26)27)21-30-11/h6,9-10,12,14-15,24H,3-5,7-8H2,1-2H3,(H,26,27)(H,28,29)/t9-,10-,12?,14-,15?/m1/s1. The summed E-state index contributed by atoms with van der Waals surface area (Å²) in [5.74, 6) is -2.84. The van der Waals surface area contributed by atoms with Crippen LogP contribution < -0.4 is 0 Å². The highest BCUT2D eigenvalue weighted by molar-refractivity contribution is 8.03. The van der Waals surface area contributed by atoms with Gasteiger partial charge >= 0.3 is 11.9 Å². The number of β-lactam (4-membered cyclic amide) rings is 1. The fourth-order valence-electron chi connectivity index (χ4n) is 4.82. The Labute approximate surface area is 182 Å². The second kappa shape index (κ2) is 8.29. The molecule has 2 fully saturated rings. The molecule has 3 aliphatic heterocycles. The summed E-state index contributed by atoms with van der Waals surface area (Å²) in [6.45, 7) is 5.40. The third-order valence-electron chi connectivity index (χ3n) is 6.22. The van der Waals surface area contributed by atoms with Gasteiger partial charge in [-0.3, -0.25) is 9.69 Å². The van der Waals surface area contributed by atoms with Crippen LogP contribution in [0.1, 0.15) is 42.9 Å². The lowest BCUT2D eigenvalue weighted by Crippen LogP contribution is -2.63. The number of carbonyl (C=O) groups excluding carboxylic acids is 1. The molecule has 168 valence electrons. The van der Waals surface area contributed by atoms with Crippen molar-refractivity contribution in [2.24, 2.45) is 11.8 Å². The number of rotatable bonds is 7. The maximum Gasteiger partial charge on any atom is 0.358 e. The van der Waals surface area contributed by atoms with Crippen molar-refractivity contribution >= 4 is 29.6 Å². The van der Waals surface area contributed by atoms with E-state index >= 15 is 0 Å². The van der Waals surface area contributed by atoms with Gasteiger partial charge in [0.1, 0.15) is 5.70 Å². The van der Waals surface area contributed by atoms with Gasteiger partial charge in [-0.1, -0.05) is 12.1 Å². The molecule has 31 heavy (non-hydrogen) atoms. The van der Waals surface area contributed by atoms with Gasteiger partial charge < -0.3 is 24.7 Å². The van der Waals surface area contributed by atoms with E-state index in [4.69, 9.17) is 9.63 Å². The van der Waals surface area contributed by atoms with Crippen molar-refractivity contribution in [3.8, 4) is 0 Å². The normalized spacial score (nSPS) is 29.6. The molecule has 0 spiro atoms. The largest absolute Gasteiger partial charge is 0.477 e. The maximum absolute atomic E-state index is 12.5. The number of fused-ring (bicyclic) bond motifs is 1. The van der Waals surface area contributed by atoms with Crippen molar-refractivity contribution < 1.29 is 34.2 Å². The summed E-state index contributed by atoms with van der Waals surface area (Å²) in [6.07, 6.45) is 0.988. The first-order chi connectivity index (χ1) is 14.7. The van der Waals surface area contributed by atoms with E-state index in [1.807, 2.05) is 6.92 Å². The van der Waals surface area contributed by atoms with Crippen LogP contribution in [0.5, 0.6) is 0 Å². The number of carbonyl (C=O) groups is 3. The second-order valence-electron chi connectivity index (χ2n) is 8.37. The molecule has 1 aromatic rings. The van der Waals surface area contributed by atoms with Crippen molar-refractivity contribution in [3.05, 3.63) is 28.1 Å². The molecule has 1 amide bonds. The second-order valence-corrected chi connectivity index (χ2v) is 9.71. The van der Waals surface area contributed by atoms with Crippen LogP contribution in [0.25, 0.3) is 0 Å². The van der Waals surface area contributed by atoms with E-state index in [1.54, 1.807) is 6.92 Å². The van der Waals surface area contributed by atoms with Crippen molar-refractivity contribution in [1.82, 2.24) is 15.0 Å². The Hall–Kier alpha value is -2.37. The minimum Gasteiger partial charge on any atom is -0.477 e. The Morgan fingerprint density at radius 1 is 1.35 bits per heavy atom. The SMILES string of the molecule is C[C@H]1C(SC2CCCN(Cc3cc(C(=O)O)no3)C2)=C(C(=O)O)N2C(=O)[C@H]([C@@H](C)O)C12. The zero-order valence-corrected chi connectivity index (χ0v) is 18.0. The number of aromatic nitrogens is 1. The first-order valence-electron chi connectivity index (χ1n) is 10.3. The summed E-state index contributed by atoms with van der Waals surface area (Å²) in [7, 11) is 0. The van der Waals surface area contributed by atoms with Crippen LogP contribution in [0.15, 0.2) is 21.2 Å². The number of nitrogens with zero attached hydrogens (tertiary/aromatic N) is 3. The summed E-state index contributed by atoms with van der Waals surface area (Å²) >= 11 is 1.50. The highest BCUT2D eigenvalue weighted by atomic mass is 32.2. The number of hydrogen-bond donors (Lipinski definition) is 3. The molecule has 1 aromatic heterocycles. The van der Waals surface area contributed by atoms with Crippen LogP contribution in [-0.4, -0.2) is 78.6 Å². The van der Waals surface area contributed by atoms with E-state index in [-0.39, 0.29) is 34.5 Å². The summed E-state index contributed by atoms with van der Waals surface area (Å²) in [5, 5.41) is 32.4. The van der Waals surface area contributed by atoms with Gasteiger partial charge in [0.25, 0.3) is 0 Å². The fourth-order valence-corrected chi connectivity index (χ4v) is 6.40. The minimum absolute atomic E-state index is 0.0443. The Morgan fingerprint density at radius 2 is 2.10 bits per heavy atom. The molecule has 11 heteroatoms. The molecule has 3 aliphatic rings. The number of thioether (sulfide) groups is 1. The smallest absolute Gasteiger partial charge is 0.358 e. The molecule has 2 saturated heterocycles. The summed E-state index contributed by atoms with van der Waals surface area (Å²) < 4.78 is 5.11. The predicted octanol–water partition coefficient (Wildman–Crippen LogP) is 1.22. The van der Waals surface area contributed by atoms with Crippen LogP contribution in [0.2, 0.25) is 0 Å². The van der Waals surface area contributed by atoms with Crippen LogP contribution in [0.4, 0.5) is 0 Å². The van der Waals surface area contributed by atoms with Gasteiger partial charge in [0.05, 0.1) is 24.6 Å². The molecule has 0 saturated carbocycles. The molecular formula is C20H25N3O7S. The van der Waals surface area contributed by atoms with Crippen molar-refractivity contribution in [2.75, 3.05) is 13.1 Å². The molecule has 0 aromatic carbocycles. The molecule has 3 N–H and O–H groups in total. The zero-order chi connectivity index (χ0) is 22.4. The number of hydrogen-bond acceptors (Lipinski definition) is 8. The molecule has 0 aliphatic carbocycles. The molecular weight excluding hydrogens is 426 g/mol. The Bertz CT molecular complexity index is 943. The molecule has 5 atom stereocenters. The van der Waals surface area contributed by atoms with Gasteiger partial charge in [-0.15, -0.1) is 11.8 Å². The first-order valence-corrected chi connectivity index (χ1v) is 11.1. The molecule has 2 unspecified atom stereocenters. The average Bonchev–Trinajstić information content (AvgIpc) is 3.24. The Morgan fingerprint density at radius 3 is 2.71 bits per heavy atom. The Kier molecular flexibility index (Phi) is 5.84. The van der Waals surface area contributed by atoms with Gasteiger partial charge in [-0.25, -0.2) is 9.59 Å². The van der Waals surface area contributed by atoms with Crippen LogP contribution >= 0.6 is 11.8 Å². The maximum atomic E-state index is 12.5. The molecule has 4 heterocycles. The van der Waals surface area contributed by atoms with Gasteiger partial charge in [0, 0.05) is 28.7 Å². The summed E-state index contributed by atoms with van der Waals surface area (Å²) in [4.78, 5) is 39.6. The van der Waals surface area contributed by atoms with E-state index in [0.717, 1.165) is 19.4 Å². The third-order valence-corrected chi connectivity index (χ3v) is 7.76. The molecule has 4 rings (SSSR count). The van der Waals surface area contributed by atoms with Crippen molar-refractivity contribution in [1.29, 1.82) is 0 Å². The lowest BCUT2D eigenvalue weighted by molar-refractivity contribution is -0.163. The first kappa shape index (κ1) is 21.8. The fraction of sp³-hybridized carbons (Fsp3) is 0.600. The topological polar surface area (TPSA) is 144 Å². The van der Waals surface area contributed by atoms with Crippen LogP contribution in [-0.2, 0) is 16.1 Å². The van der Waals surface area contributed by atoms with Gasteiger partial charge in [-0.05, 0) is 26.3 Å². The van der Waals surface area contributed by atoms with Gasteiger partial charge in [0.2, 0.25) is 5.91 Å². The van der Waals surface area contributed by atoms with Crippen LogP contribution in [0.3, 0.4) is 0 Å². The number of carboxylic acid groups (broad SMARTS) is 2. The van der Waals surface area contributed by atoms with Gasteiger partial charge in [-0.2, -0.15) is 0 Å². The number of aliphatic hydroxyl groups excluding tert-OH is 1. The van der Waals surface area contributed by atoms with Crippen LogP contribution in [0, 0.1) is 11.8 Å². The van der Waals surface area contributed by atoms with E-state index < -0.39 is 24.0 Å². The average molecular weight is 452 g/mol. The van der Waals surface area contributed by atoms with E-state index in [9.17, 15) is 24.6 Å². The number of amides is 1. The lowest BCUT2D eigenvalue weighted by Gasteiger charge is -2.46. The van der Waals surface area contributed by atoms with E-state index in [2.05, 4.69) is 10.1 Å². The number of aliphatic carboxylic acids is 1. The van der Waals surface area contributed by atoms with E-state index in [1.165, 1.54) is 22.7 Å². The number of piperidine rings is 1. The summed E-state index contributed by atoms with van der Waals surface area (Å²) in [5.41, 5.74) is -0.0845. The zero-order valence-electron chi connectivity index (χ0n) is 17.2. The van der Waals surface area contributed by atoms with Crippen molar-refractivity contribution in [2.45, 2.75) is 50.6 Å². The Balaban J connectivity index is 1.47. The molecule has 10 nitrogen and oxygen atoms in total. The molecule has 0 radical (unpaired) electrons. The van der Waals surface area contributed by atoms with E-state index in [0.29, 0.717) is 23.8 Å². The molecule has 0 bridgehead atoms. The van der Waals surface area contributed by atoms with Gasteiger partial charge in [0.15, 0.2) is 11.5 Å². The summed E-state index contributed by atoms with van der Waals surface area (Å²) in [6, 6.07) is 1.10. The third kappa shape index (κ3) is 3.85. The highest BCUT2D eigenvalue weighted by Gasteiger charge is 2.60. The monoisotopic (exact) mass is 451 g/mol. The number of carboxylic acids is 2. The highest BCUT2D eigenvalue weighted by Crippen LogP contribution is 2.51. The number of aliphatic hydroxyl groups is 1. The predicted molar refractivity (Wildman–Crippen MR) is 109 cm³/mol.